The van der Waals surface area contributed by atoms with Crippen molar-refractivity contribution >= 4 is 5.97 Å². The van der Waals surface area contributed by atoms with Crippen molar-refractivity contribution in [3.8, 4) is 0 Å². The third-order valence-corrected chi connectivity index (χ3v) is 2.65. The third kappa shape index (κ3) is 3.35. The van der Waals surface area contributed by atoms with Crippen molar-refractivity contribution in [2.24, 2.45) is 5.73 Å². The molecule has 0 aliphatic heterocycles. The zero-order valence-electron chi connectivity index (χ0n) is 10.1. The Labute approximate surface area is 96.6 Å². The van der Waals surface area contributed by atoms with Crippen LogP contribution in [0.4, 0.5) is 0 Å². The van der Waals surface area contributed by atoms with E-state index in [9.17, 15) is 4.79 Å². The normalized spacial score (nSPS) is 12.2. The van der Waals surface area contributed by atoms with Crippen LogP contribution < -0.4 is 5.73 Å². The monoisotopic (exact) mass is 221 g/mol. The Morgan fingerprint density at radius 3 is 2.62 bits per heavy atom. The van der Waals surface area contributed by atoms with Crippen LogP contribution in [0.3, 0.4) is 0 Å². The number of nitrogens with two attached hydrogens (primary N) is 1. The van der Waals surface area contributed by atoms with Crippen LogP contribution in [0.1, 0.15) is 36.1 Å². The first-order chi connectivity index (χ1) is 7.54. The van der Waals surface area contributed by atoms with Gasteiger partial charge in [-0.1, -0.05) is 18.2 Å². The summed E-state index contributed by atoms with van der Waals surface area (Å²) in [7, 11) is 0. The molecule has 3 nitrogen and oxygen atoms in total. The van der Waals surface area contributed by atoms with Gasteiger partial charge in [0.1, 0.15) is 0 Å². The average molecular weight is 221 g/mol. The van der Waals surface area contributed by atoms with Gasteiger partial charge in [0.15, 0.2) is 0 Å². The van der Waals surface area contributed by atoms with Gasteiger partial charge in [-0.3, -0.25) is 4.79 Å². The predicted octanol–water partition coefficient (Wildman–Crippen LogP) is 2.26. The van der Waals surface area contributed by atoms with E-state index in [2.05, 4.69) is 6.92 Å². The smallest absolute Gasteiger partial charge is 0.307 e. The highest BCUT2D eigenvalue weighted by molar-refractivity contribution is 5.70. The van der Waals surface area contributed by atoms with Gasteiger partial charge in [0.25, 0.3) is 0 Å². The molecule has 0 aliphatic carbocycles. The molecule has 1 aromatic carbocycles. The van der Waals surface area contributed by atoms with Crippen LogP contribution >= 0.6 is 0 Å². The summed E-state index contributed by atoms with van der Waals surface area (Å²) >= 11 is 0. The van der Waals surface area contributed by atoms with E-state index in [1.165, 1.54) is 11.1 Å². The molecule has 0 amide bonds. The van der Waals surface area contributed by atoms with Crippen molar-refractivity contribution in [3.05, 3.63) is 34.9 Å². The number of carbonyl (C=O) groups excluding carboxylic acids is 1. The first kappa shape index (κ1) is 12.7. The van der Waals surface area contributed by atoms with Crippen LogP contribution in [-0.4, -0.2) is 12.6 Å². The highest BCUT2D eigenvalue weighted by Crippen LogP contribution is 2.18. The van der Waals surface area contributed by atoms with E-state index in [0.29, 0.717) is 6.61 Å². The van der Waals surface area contributed by atoms with Gasteiger partial charge in [-0.05, 0) is 37.5 Å². The van der Waals surface area contributed by atoms with Crippen molar-refractivity contribution < 1.29 is 9.53 Å². The van der Waals surface area contributed by atoms with Crippen molar-refractivity contribution in [2.45, 2.75) is 33.2 Å². The summed E-state index contributed by atoms with van der Waals surface area (Å²) in [6, 6.07) is 5.74. The first-order valence-corrected chi connectivity index (χ1v) is 5.53. The Hall–Kier alpha value is -1.35. The molecule has 0 radical (unpaired) electrons. The molecular weight excluding hydrogens is 202 g/mol. The topological polar surface area (TPSA) is 52.3 Å². The van der Waals surface area contributed by atoms with Crippen molar-refractivity contribution in [3.63, 3.8) is 0 Å². The molecule has 0 saturated carbocycles. The SMILES string of the molecule is CCOC(=O)CC(N)c1ccc(C)c(C)c1. The van der Waals surface area contributed by atoms with E-state index >= 15 is 0 Å². The largest absolute Gasteiger partial charge is 0.466 e. The van der Waals surface area contributed by atoms with Gasteiger partial charge < -0.3 is 10.5 Å². The summed E-state index contributed by atoms with van der Waals surface area (Å²) < 4.78 is 4.87. The standard InChI is InChI=1S/C13H19NO2/c1-4-16-13(15)8-12(14)11-6-5-9(2)10(3)7-11/h5-7,12H,4,8,14H2,1-3H3. The Kier molecular flexibility index (Phi) is 4.50. The molecule has 1 aromatic rings. The number of rotatable bonds is 4. The van der Waals surface area contributed by atoms with Gasteiger partial charge in [-0.2, -0.15) is 0 Å². The maximum absolute atomic E-state index is 11.3. The van der Waals surface area contributed by atoms with Gasteiger partial charge in [0.05, 0.1) is 13.0 Å². The Bertz CT molecular complexity index is 374. The quantitative estimate of drug-likeness (QED) is 0.793. The second-order valence-electron chi connectivity index (χ2n) is 3.96. The first-order valence-electron chi connectivity index (χ1n) is 5.53. The van der Waals surface area contributed by atoms with Crippen LogP contribution in [0.25, 0.3) is 0 Å². The van der Waals surface area contributed by atoms with Gasteiger partial charge >= 0.3 is 5.97 Å². The number of benzene rings is 1. The lowest BCUT2D eigenvalue weighted by Gasteiger charge is -2.12. The fraction of sp³-hybridized carbons (Fsp3) is 0.462. The molecule has 0 saturated heterocycles. The molecule has 1 unspecified atom stereocenters. The number of ether oxygens (including phenoxy) is 1. The number of carbonyl (C=O) groups is 1. The fourth-order valence-electron chi connectivity index (χ4n) is 1.51. The van der Waals surface area contributed by atoms with Crippen LogP contribution in [0.5, 0.6) is 0 Å². The van der Waals surface area contributed by atoms with E-state index < -0.39 is 0 Å². The molecule has 1 atom stereocenters. The van der Waals surface area contributed by atoms with Gasteiger partial charge in [-0.25, -0.2) is 0 Å². The minimum Gasteiger partial charge on any atom is -0.466 e. The minimum atomic E-state index is -0.279. The zero-order valence-corrected chi connectivity index (χ0v) is 10.1. The predicted molar refractivity (Wildman–Crippen MR) is 64.1 cm³/mol. The van der Waals surface area contributed by atoms with E-state index in [1.807, 2.05) is 25.1 Å². The lowest BCUT2D eigenvalue weighted by atomic mass is 10.00. The molecule has 0 bridgehead atoms. The summed E-state index contributed by atoms with van der Waals surface area (Å²) in [4.78, 5) is 11.3. The van der Waals surface area contributed by atoms with E-state index in [-0.39, 0.29) is 18.4 Å². The molecule has 1 rings (SSSR count). The highest BCUT2D eigenvalue weighted by Gasteiger charge is 2.12. The van der Waals surface area contributed by atoms with Crippen LogP contribution in [0.15, 0.2) is 18.2 Å². The highest BCUT2D eigenvalue weighted by atomic mass is 16.5. The van der Waals surface area contributed by atoms with Crippen LogP contribution in [0, 0.1) is 13.8 Å². The van der Waals surface area contributed by atoms with Gasteiger partial charge in [0.2, 0.25) is 0 Å². The zero-order chi connectivity index (χ0) is 12.1. The van der Waals surface area contributed by atoms with Crippen molar-refractivity contribution in [2.75, 3.05) is 6.61 Å². The Morgan fingerprint density at radius 2 is 2.06 bits per heavy atom. The molecule has 2 N–H and O–H groups in total. The second-order valence-corrected chi connectivity index (χ2v) is 3.96. The molecular formula is C13H19NO2. The Morgan fingerprint density at radius 1 is 1.38 bits per heavy atom. The van der Waals surface area contributed by atoms with E-state index in [1.54, 1.807) is 6.92 Å². The number of hydrogen-bond acceptors (Lipinski definition) is 3. The third-order valence-electron chi connectivity index (χ3n) is 2.65. The molecule has 3 heteroatoms. The summed E-state index contributed by atoms with van der Waals surface area (Å²) in [5.74, 6) is -0.242. The minimum absolute atomic E-state index is 0.232. The molecule has 0 heterocycles. The van der Waals surface area contributed by atoms with Crippen LogP contribution in [0.2, 0.25) is 0 Å². The van der Waals surface area contributed by atoms with Gasteiger partial charge in [0, 0.05) is 6.04 Å². The maximum atomic E-state index is 11.3. The fourth-order valence-corrected chi connectivity index (χ4v) is 1.51. The summed E-state index contributed by atoms with van der Waals surface area (Å²) in [5, 5.41) is 0. The lowest BCUT2D eigenvalue weighted by molar-refractivity contribution is -0.143. The maximum Gasteiger partial charge on any atom is 0.307 e. The number of aryl methyl sites for hydroxylation is 2. The Balaban J connectivity index is 2.69. The molecule has 0 aromatic heterocycles. The number of esters is 1. The van der Waals surface area contributed by atoms with Crippen molar-refractivity contribution in [1.82, 2.24) is 0 Å². The molecule has 0 aliphatic rings. The number of hydrogen-bond donors (Lipinski definition) is 1. The molecule has 0 fully saturated rings. The summed E-state index contributed by atoms with van der Waals surface area (Å²) in [6.07, 6.45) is 0.232. The summed E-state index contributed by atoms with van der Waals surface area (Å²) in [5.41, 5.74) is 9.35. The van der Waals surface area contributed by atoms with Crippen molar-refractivity contribution in [1.29, 1.82) is 0 Å². The van der Waals surface area contributed by atoms with Gasteiger partial charge in [-0.15, -0.1) is 0 Å². The van der Waals surface area contributed by atoms with Crippen LogP contribution in [-0.2, 0) is 9.53 Å². The second kappa shape index (κ2) is 5.66. The lowest BCUT2D eigenvalue weighted by Crippen LogP contribution is -2.17. The van der Waals surface area contributed by atoms with E-state index in [0.717, 1.165) is 5.56 Å². The molecule has 88 valence electrons. The average Bonchev–Trinajstić information content (AvgIpc) is 2.22. The molecule has 0 spiro atoms. The van der Waals surface area contributed by atoms with E-state index in [4.69, 9.17) is 10.5 Å². The summed E-state index contributed by atoms with van der Waals surface area (Å²) in [6.45, 7) is 6.28. The molecule has 16 heavy (non-hydrogen) atoms.